The van der Waals surface area contributed by atoms with Gasteiger partial charge in [-0.25, -0.2) is 4.98 Å². The normalized spacial score (nSPS) is 17.4. The zero-order chi connectivity index (χ0) is 19.0. The molecule has 5 heteroatoms. The first-order chi connectivity index (χ1) is 13.0. The molecule has 3 heterocycles. The molecule has 0 aliphatic carbocycles. The fourth-order valence-electron chi connectivity index (χ4n) is 4.13. The topological polar surface area (TPSA) is 49.0 Å². The number of H-pyrrole nitrogens is 1. The molecule has 1 saturated heterocycles. The van der Waals surface area contributed by atoms with Gasteiger partial charge in [-0.1, -0.05) is 30.3 Å². The number of aromatic nitrogens is 2. The van der Waals surface area contributed by atoms with Gasteiger partial charge in [0.05, 0.1) is 11.4 Å². The summed E-state index contributed by atoms with van der Waals surface area (Å²) in [6, 6.07) is 10.9. The highest BCUT2D eigenvalue weighted by molar-refractivity contribution is 7.18. The van der Waals surface area contributed by atoms with Crippen LogP contribution in [0.15, 0.2) is 35.1 Å². The molecular formula is C22H27N3OS. The number of benzene rings is 1. The average molecular weight is 382 g/mol. The van der Waals surface area contributed by atoms with E-state index in [1.165, 1.54) is 23.3 Å². The number of thiophene rings is 1. The van der Waals surface area contributed by atoms with Gasteiger partial charge in [-0.3, -0.25) is 9.69 Å². The predicted octanol–water partition coefficient (Wildman–Crippen LogP) is 4.62. The minimum atomic E-state index is 0.00247. The summed E-state index contributed by atoms with van der Waals surface area (Å²) in [4.78, 5) is 24.9. The van der Waals surface area contributed by atoms with E-state index < -0.39 is 0 Å². The van der Waals surface area contributed by atoms with Crippen molar-refractivity contribution >= 4 is 21.6 Å². The van der Waals surface area contributed by atoms with Crippen LogP contribution in [0, 0.1) is 19.8 Å². The Morgan fingerprint density at radius 2 is 1.93 bits per heavy atom. The maximum Gasteiger partial charge on any atom is 0.259 e. The summed E-state index contributed by atoms with van der Waals surface area (Å²) in [6.07, 6.45) is 3.56. The minimum absolute atomic E-state index is 0.00247. The molecule has 1 atom stereocenters. The second kappa shape index (κ2) is 7.56. The van der Waals surface area contributed by atoms with E-state index in [-0.39, 0.29) is 11.6 Å². The smallest absolute Gasteiger partial charge is 0.259 e. The maximum atomic E-state index is 12.6. The number of rotatable bonds is 4. The van der Waals surface area contributed by atoms with Gasteiger partial charge in [0.25, 0.3) is 5.56 Å². The van der Waals surface area contributed by atoms with Crippen molar-refractivity contribution in [3.8, 4) is 0 Å². The minimum Gasteiger partial charge on any atom is -0.309 e. The van der Waals surface area contributed by atoms with E-state index in [1.54, 1.807) is 11.3 Å². The van der Waals surface area contributed by atoms with E-state index >= 15 is 0 Å². The van der Waals surface area contributed by atoms with E-state index in [0.29, 0.717) is 0 Å². The van der Waals surface area contributed by atoms with E-state index in [2.05, 4.69) is 54.1 Å². The molecule has 0 radical (unpaired) electrons. The first-order valence-electron chi connectivity index (χ1n) is 9.81. The van der Waals surface area contributed by atoms with Crippen molar-refractivity contribution in [3.63, 3.8) is 0 Å². The molecule has 27 heavy (non-hydrogen) atoms. The van der Waals surface area contributed by atoms with E-state index in [0.717, 1.165) is 47.0 Å². The highest BCUT2D eigenvalue weighted by Crippen LogP contribution is 2.29. The average Bonchev–Trinajstić information content (AvgIpc) is 2.97. The van der Waals surface area contributed by atoms with Gasteiger partial charge >= 0.3 is 0 Å². The highest BCUT2D eigenvalue weighted by Gasteiger charge is 2.25. The molecule has 1 aliphatic heterocycles. The van der Waals surface area contributed by atoms with Gasteiger partial charge < -0.3 is 4.98 Å². The van der Waals surface area contributed by atoms with Gasteiger partial charge in [0.2, 0.25) is 0 Å². The van der Waals surface area contributed by atoms with E-state index in [9.17, 15) is 4.79 Å². The lowest BCUT2D eigenvalue weighted by Gasteiger charge is -2.35. The number of nitrogens with one attached hydrogen (secondary N) is 1. The second-order valence-corrected chi connectivity index (χ2v) is 8.96. The number of nitrogens with zero attached hydrogens (tertiary/aromatic N) is 2. The SMILES string of the molecule is Cc1sc2nc(C(C)N3CCC(Cc4ccccc4)CC3)[nH]c(=O)c2c1C. The number of hydrogen-bond donors (Lipinski definition) is 1. The number of aromatic amines is 1. The molecule has 1 unspecified atom stereocenters. The molecule has 2 aromatic heterocycles. The first-order valence-corrected chi connectivity index (χ1v) is 10.6. The molecule has 4 rings (SSSR count). The third-order valence-corrected chi connectivity index (χ3v) is 7.12. The predicted molar refractivity (Wildman–Crippen MR) is 113 cm³/mol. The Bertz CT molecular complexity index is 984. The van der Waals surface area contributed by atoms with Crippen molar-refractivity contribution in [2.75, 3.05) is 13.1 Å². The Hall–Kier alpha value is -1.98. The molecule has 0 saturated carbocycles. The molecule has 1 aliphatic rings. The summed E-state index contributed by atoms with van der Waals surface area (Å²) in [5.41, 5.74) is 2.50. The quantitative estimate of drug-likeness (QED) is 0.717. The molecular weight excluding hydrogens is 354 g/mol. The van der Waals surface area contributed by atoms with Crippen molar-refractivity contribution in [3.05, 3.63) is 62.5 Å². The van der Waals surface area contributed by atoms with Gasteiger partial charge in [0, 0.05) is 4.88 Å². The third-order valence-electron chi connectivity index (χ3n) is 6.02. The summed E-state index contributed by atoms with van der Waals surface area (Å²) >= 11 is 1.62. The lowest BCUT2D eigenvalue weighted by molar-refractivity contribution is 0.136. The Kier molecular flexibility index (Phi) is 5.15. The molecule has 1 aromatic carbocycles. The Morgan fingerprint density at radius 1 is 1.22 bits per heavy atom. The lowest BCUT2D eigenvalue weighted by Crippen LogP contribution is -2.37. The van der Waals surface area contributed by atoms with Crippen LogP contribution in [-0.2, 0) is 6.42 Å². The number of fused-ring (bicyclic) bond motifs is 1. The standard InChI is InChI=1S/C22H27N3OS/c1-14-16(3)27-22-19(14)21(26)23-20(24-22)15(2)25-11-9-18(10-12-25)13-17-7-5-4-6-8-17/h4-8,15,18H,9-13H2,1-3H3,(H,23,24,26). The molecule has 0 amide bonds. The maximum absolute atomic E-state index is 12.6. The summed E-state index contributed by atoms with van der Waals surface area (Å²) in [6.45, 7) is 8.34. The zero-order valence-electron chi connectivity index (χ0n) is 16.3. The van der Waals surface area contributed by atoms with Crippen LogP contribution < -0.4 is 5.56 Å². The number of likely N-dealkylation sites (tertiary alicyclic amines) is 1. The van der Waals surface area contributed by atoms with Crippen molar-refractivity contribution in [1.29, 1.82) is 0 Å². The van der Waals surface area contributed by atoms with Crippen molar-refractivity contribution in [1.82, 2.24) is 14.9 Å². The summed E-state index contributed by atoms with van der Waals surface area (Å²) in [5.74, 6) is 1.54. The first kappa shape index (κ1) is 18.4. The Morgan fingerprint density at radius 3 is 2.63 bits per heavy atom. The van der Waals surface area contributed by atoms with Crippen LogP contribution >= 0.6 is 11.3 Å². The molecule has 1 fully saturated rings. The monoisotopic (exact) mass is 381 g/mol. The van der Waals surface area contributed by atoms with Crippen LogP contribution in [-0.4, -0.2) is 28.0 Å². The molecule has 3 aromatic rings. The van der Waals surface area contributed by atoms with Crippen LogP contribution in [0.3, 0.4) is 0 Å². The van der Waals surface area contributed by atoms with Gasteiger partial charge in [0.1, 0.15) is 10.7 Å². The largest absolute Gasteiger partial charge is 0.309 e. The van der Waals surface area contributed by atoms with E-state index in [1.807, 2.05) is 6.92 Å². The third kappa shape index (κ3) is 3.71. The van der Waals surface area contributed by atoms with Crippen molar-refractivity contribution in [2.45, 2.75) is 46.1 Å². The molecule has 142 valence electrons. The van der Waals surface area contributed by atoms with Gasteiger partial charge in [-0.15, -0.1) is 11.3 Å². The van der Waals surface area contributed by atoms with E-state index in [4.69, 9.17) is 4.98 Å². The molecule has 1 N–H and O–H groups in total. The summed E-state index contributed by atoms with van der Waals surface area (Å²) in [7, 11) is 0. The van der Waals surface area contributed by atoms with Gasteiger partial charge in [-0.05, 0) is 70.2 Å². The summed E-state index contributed by atoms with van der Waals surface area (Å²) in [5, 5.41) is 0.759. The van der Waals surface area contributed by atoms with Crippen LogP contribution in [0.2, 0.25) is 0 Å². The van der Waals surface area contributed by atoms with Crippen LogP contribution in [0.1, 0.15) is 47.6 Å². The number of hydrogen-bond acceptors (Lipinski definition) is 4. The molecule has 4 nitrogen and oxygen atoms in total. The van der Waals surface area contributed by atoms with Crippen LogP contribution in [0.4, 0.5) is 0 Å². The zero-order valence-corrected chi connectivity index (χ0v) is 17.1. The summed E-state index contributed by atoms with van der Waals surface area (Å²) < 4.78 is 0. The molecule has 0 spiro atoms. The highest BCUT2D eigenvalue weighted by atomic mass is 32.1. The Labute approximate surface area is 164 Å². The lowest BCUT2D eigenvalue weighted by atomic mass is 9.89. The fraction of sp³-hybridized carbons (Fsp3) is 0.455. The Balaban J connectivity index is 1.45. The van der Waals surface area contributed by atoms with Crippen molar-refractivity contribution < 1.29 is 0 Å². The second-order valence-electron chi connectivity index (χ2n) is 7.76. The van der Waals surface area contributed by atoms with Gasteiger partial charge in [-0.2, -0.15) is 0 Å². The van der Waals surface area contributed by atoms with Crippen LogP contribution in [0.5, 0.6) is 0 Å². The number of piperidine rings is 1. The van der Waals surface area contributed by atoms with Crippen molar-refractivity contribution in [2.24, 2.45) is 5.92 Å². The fourth-order valence-corrected chi connectivity index (χ4v) is 5.17. The van der Waals surface area contributed by atoms with Crippen LogP contribution in [0.25, 0.3) is 10.2 Å². The van der Waals surface area contributed by atoms with Gasteiger partial charge in [0.15, 0.2) is 0 Å². The number of aryl methyl sites for hydroxylation is 2. The molecule has 0 bridgehead atoms.